The van der Waals surface area contributed by atoms with Gasteiger partial charge in [-0.05, 0) is 12.1 Å². The third kappa shape index (κ3) is 3.44. The van der Waals surface area contributed by atoms with Crippen LogP contribution in [0.5, 0.6) is 0 Å². The minimum absolute atomic E-state index is 0.434. The van der Waals surface area contributed by atoms with Crippen LogP contribution in [0.2, 0.25) is 0 Å². The predicted octanol–water partition coefficient (Wildman–Crippen LogP) is 2.23. The van der Waals surface area contributed by atoms with Crippen LogP contribution in [-0.4, -0.2) is 56.0 Å². The van der Waals surface area contributed by atoms with E-state index in [1.54, 1.807) is 0 Å². The van der Waals surface area contributed by atoms with Crippen LogP contribution in [0, 0.1) is 0 Å². The van der Waals surface area contributed by atoms with Gasteiger partial charge in [0.05, 0.1) is 12.6 Å². The molecule has 0 bridgehead atoms. The van der Waals surface area contributed by atoms with Gasteiger partial charge in [0.1, 0.15) is 5.84 Å². The van der Waals surface area contributed by atoms with Crippen LogP contribution in [0.1, 0.15) is 5.56 Å². The van der Waals surface area contributed by atoms with Crippen molar-refractivity contribution in [3.05, 3.63) is 66.2 Å². The molecule has 0 unspecified atom stereocenters. The molecular weight excluding hydrogens is 296 g/mol. The zero-order valence-electron chi connectivity index (χ0n) is 13.9. The van der Waals surface area contributed by atoms with E-state index in [-0.39, 0.29) is 0 Å². The van der Waals surface area contributed by atoms with Crippen molar-refractivity contribution in [1.29, 1.82) is 0 Å². The maximum absolute atomic E-state index is 4.68. The molecule has 1 N–H and O–H groups in total. The summed E-state index contributed by atoms with van der Waals surface area (Å²) in [5.74, 6) is 1.04. The van der Waals surface area contributed by atoms with Crippen molar-refractivity contribution in [3.8, 4) is 0 Å². The molecule has 2 aromatic rings. The van der Waals surface area contributed by atoms with E-state index in [1.165, 1.54) is 11.3 Å². The van der Waals surface area contributed by atoms with Crippen LogP contribution in [0.3, 0.4) is 0 Å². The first kappa shape index (κ1) is 15.2. The van der Waals surface area contributed by atoms with Crippen LogP contribution in [0.25, 0.3) is 0 Å². The average molecular weight is 320 g/mol. The first-order valence-electron chi connectivity index (χ1n) is 8.77. The molecule has 2 aromatic carbocycles. The summed E-state index contributed by atoms with van der Waals surface area (Å²) in [5.41, 5.74) is 2.53. The zero-order valence-corrected chi connectivity index (χ0v) is 13.9. The summed E-state index contributed by atoms with van der Waals surface area (Å²) in [7, 11) is 0. The number of piperazine rings is 1. The molecule has 0 aliphatic carbocycles. The topological polar surface area (TPSA) is 30.9 Å². The SMILES string of the molecule is c1ccc(C2=NC[C@@H](CN3CCN(c4ccccc4)CC3)N2)cc1. The number of nitrogens with zero attached hydrogens (tertiary/aromatic N) is 3. The van der Waals surface area contributed by atoms with E-state index >= 15 is 0 Å². The first-order valence-corrected chi connectivity index (χ1v) is 8.77. The summed E-state index contributed by atoms with van der Waals surface area (Å²) in [6, 6.07) is 21.6. The Kier molecular flexibility index (Phi) is 4.47. The molecule has 4 rings (SSSR count). The number of anilines is 1. The molecule has 1 fully saturated rings. The van der Waals surface area contributed by atoms with E-state index in [4.69, 9.17) is 0 Å². The fourth-order valence-electron chi connectivity index (χ4n) is 3.50. The Labute approximate surface area is 143 Å². The van der Waals surface area contributed by atoms with E-state index in [1.807, 2.05) is 6.07 Å². The number of benzene rings is 2. The molecule has 1 saturated heterocycles. The van der Waals surface area contributed by atoms with Crippen LogP contribution in [0.15, 0.2) is 65.7 Å². The Hall–Kier alpha value is -2.33. The standard InChI is InChI=1S/C20H24N4/c1-3-7-17(8-4-1)20-21-15-18(22-20)16-23-11-13-24(14-12-23)19-9-5-2-6-10-19/h1-10,18H,11-16H2,(H,21,22)/t18-/m0/s1. The normalized spacial score (nSPS) is 21.4. The minimum atomic E-state index is 0.434. The van der Waals surface area contributed by atoms with Crippen LogP contribution < -0.4 is 10.2 Å². The number of hydrogen-bond acceptors (Lipinski definition) is 4. The van der Waals surface area contributed by atoms with Crippen LogP contribution in [0.4, 0.5) is 5.69 Å². The number of rotatable bonds is 4. The number of hydrogen-bond donors (Lipinski definition) is 1. The van der Waals surface area contributed by atoms with Gasteiger partial charge in [-0.1, -0.05) is 48.5 Å². The second-order valence-electron chi connectivity index (χ2n) is 6.52. The van der Waals surface area contributed by atoms with E-state index in [0.717, 1.165) is 45.1 Å². The van der Waals surface area contributed by atoms with Gasteiger partial charge < -0.3 is 10.2 Å². The average Bonchev–Trinajstić information content (AvgIpc) is 3.12. The van der Waals surface area contributed by atoms with Crippen molar-refractivity contribution >= 4 is 11.5 Å². The lowest BCUT2D eigenvalue weighted by atomic mass is 10.2. The fraction of sp³-hybridized carbons (Fsp3) is 0.350. The predicted molar refractivity (Wildman–Crippen MR) is 99.9 cm³/mol. The maximum Gasteiger partial charge on any atom is 0.128 e. The molecule has 4 heteroatoms. The molecule has 2 aliphatic rings. The van der Waals surface area contributed by atoms with Gasteiger partial charge in [-0.25, -0.2) is 0 Å². The van der Waals surface area contributed by atoms with Gasteiger partial charge in [0.15, 0.2) is 0 Å². The van der Waals surface area contributed by atoms with Gasteiger partial charge in [-0.15, -0.1) is 0 Å². The van der Waals surface area contributed by atoms with Crippen molar-refractivity contribution < 1.29 is 0 Å². The zero-order chi connectivity index (χ0) is 16.2. The van der Waals surface area contributed by atoms with E-state index < -0.39 is 0 Å². The van der Waals surface area contributed by atoms with Gasteiger partial charge in [-0.3, -0.25) is 9.89 Å². The summed E-state index contributed by atoms with van der Waals surface area (Å²) < 4.78 is 0. The highest BCUT2D eigenvalue weighted by molar-refractivity contribution is 6.00. The molecule has 2 aliphatic heterocycles. The Morgan fingerprint density at radius 1 is 0.875 bits per heavy atom. The Bertz CT molecular complexity index is 675. The van der Waals surface area contributed by atoms with E-state index in [2.05, 4.69) is 74.7 Å². The second-order valence-corrected chi connectivity index (χ2v) is 6.52. The monoisotopic (exact) mass is 320 g/mol. The highest BCUT2D eigenvalue weighted by atomic mass is 15.3. The van der Waals surface area contributed by atoms with Gasteiger partial charge in [0.2, 0.25) is 0 Å². The molecule has 0 spiro atoms. The number of aliphatic imine (C=N–C) groups is 1. The molecule has 4 nitrogen and oxygen atoms in total. The van der Waals surface area contributed by atoms with Crippen molar-refractivity contribution in [2.24, 2.45) is 4.99 Å². The third-order valence-electron chi connectivity index (χ3n) is 4.83. The van der Waals surface area contributed by atoms with Gasteiger partial charge in [0, 0.05) is 44.0 Å². The quantitative estimate of drug-likeness (QED) is 0.937. The lowest BCUT2D eigenvalue weighted by Gasteiger charge is -2.37. The summed E-state index contributed by atoms with van der Waals surface area (Å²) in [6.45, 7) is 6.39. The molecule has 1 atom stereocenters. The molecule has 0 saturated carbocycles. The van der Waals surface area contributed by atoms with Crippen molar-refractivity contribution in [2.45, 2.75) is 6.04 Å². The minimum Gasteiger partial charge on any atom is -0.369 e. The molecule has 124 valence electrons. The molecule has 0 aromatic heterocycles. The molecule has 2 heterocycles. The summed E-state index contributed by atoms with van der Waals surface area (Å²) in [4.78, 5) is 9.72. The lowest BCUT2D eigenvalue weighted by molar-refractivity contribution is 0.241. The molecule has 0 amide bonds. The third-order valence-corrected chi connectivity index (χ3v) is 4.83. The largest absolute Gasteiger partial charge is 0.369 e. The lowest BCUT2D eigenvalue weighted by Crippen LogP contribution is -2.51. The number of nitrogens with one attached hydrogen (secondary N) is 1. The first-order chi connectivity index (χ1) is 11.9. The maximum atomic E-state index is 4.68. The Morgan fingerprint density at radius 3 is 2.25 bits per heavy atom. The second kappa shape index (κ2) is 7.05. The van der Waals surface area contributed by atoms with Gasteiger partial charge in [-0.2, -0.15) is 0 Å². The summed E-state index contributed by atoms with van der Waals surface area (Å²) >= 11 is 0. The number of amidine groups is 1. The smallest absolute Gasteiger partial charge is 0.128 e. The van der Waals surface area contributed by atoms with E-state index in [9.17, 15) is 0 Å². The Morgan fingerprint density at radius 2 is 1.54 bits per heavy atom. The van der Waals surface area contributed by atoms with Gasteiger partial charge >= 0.3 is 0 Å². The molecular formula is C20H24N4. The van der Waals surface area contributed by atoms with Crippen molar-refractivity contribution in [3.63, 3.8) is 0 Å². The highest BCUT2D eigenvalue weighted by Crippen LogP contribution is 2.16. The van der Waals surface area contributed by atoms with Crippen molar-refractivity contribution in [1.82, 2.24) is 10.2 Å². The molecule has 24 heavy (non-hydrogen) atoms. The summed E-state index contributed by atoms with van der Waals surface area (Å²) in [5, 5.41) is 3.59. The highest BCUT2D eigenvalue weighted by Gasteiger charge is 2.23. The fourth-order valence-corrected chi connectivity index (χ4v) is 3.50. The van der Waals surface area contributed by atoms with Crippen molar-refractivity contribution in [2.75, 3.05) is 44.2 Å². The van der Waals surface area contributed by atoms with E-state index in [0.29, 0.717) is 6.04 Å². The number of para-hydroxylation sites is 1. The van der Waals surface area contributed by atoms with Crippen LogP contribution in [-0.2, 0) is 0 Å². The summed E-state index contributed by atoms with van der Waals surface area (Å²) in [6.07, 6.45) is 0. The Balaban J connectivity index is 1.27. The molecule has 0 radical (unpaired) electrons. The van der Waals surface area contributed by atoms with Gasteiger partial charge in [0.25, 0.3) is 0 Å². The van der Waals surface area contributed by atoms with Crippen LogP contribution >= 0.6 is 0 Å².